The number of benzene rings is 1. The van der Waals surface area contributed by atoms with Gasteiger partial charge in [-0.2, -0.15) is 4.98 Å². The van der Waals surface area contributed by atoms with E-state index in [1.54, 1.807) is 0 Å². The van der Waals surface area contributed by atoms with Gasteiger partial charge in [0.2, 0.25) is 11.7 Å². The lowest BCUT2D eigenvalue weighted by Gasteiger charge is -2.34. The van der Waals surface area contributed by atoms with Gasteiger partial charge in [0.15, 0.2) is 6.61 Å². The molecular weight excluding hydrogens is 254 g/mol. The molecule has 0 saturated carbocycles. The van der Waals surface area contributed by atoms with Gasteiger partial charge in [-0.15, -0.1) is 0 Å². The monoisotopic (exact) mass is 275 g/mol. The Morgan fingerprint density at radius 1 is 1.15 bits per heavy atom. The molecule has 0 amide bonds. The summed E-state index contributed by atoms with van der Waals surface area (Å²) in [6.07, 6.45) is 0. The van der Waals surface area contributed by atoms with Gasteiger partial charge >= 0.3 is 0 Å². The second kappa shape index (κ2) is 5.25. The van der Waals surface area contributed by atoms with Crippen LogP contribution in [0.3, 0.4) is 0 Å². The second-order valence-electron chi connectivity index (χ2n) is 5.96. The number of para-hydroxylation sites is 1. The summed E-state index contributed by atoms with van der Waals surface area (Å²) >= 11 is 0. The first-order chi connectivity index (χ1) is 9.30. The van der Waals surface area contributed by atoms with Gasteiger partial charge in [0.1, 0.15) is 5.75 Å². The van der Waals surface area contributed by atoms with Gasteiger partial charge in [0.05, 0.1) is 5.41 Å². The van der Waals surface area contributed by atoms with Gasteiger partial charge in [-0.1, -0.05) is 23.4 Å². The summed E-state index contributed by atoms with van der Waals surface area (Å²) in [7, 11) is 0. The van der Waals surface area contributed by atoms with E-state index in [9.17, 15) is 0 Å². The molecule has 20 heavy (non-hydrogen) atoms. The van der Waals surface area contributed by atoms with E-state index in [-0.39, 0.29) is 6.61 Å². The summed E-state index contributed by atoms with van der Waals surface area (Å²) < 4.78 is 10.9. The minimum Gasteiger partial charge on any atom is -0.485 e. The molecule has 0 fully saturated rings. The molecule has 0 aliphatic rings. The first kappa shape index (κ1) is 14.5. The molecule has 2 rings (SSSR count). The third-order valence-corrected chi connectivity index (χ3v) is 3.72. The number of hydrogen-bond acceptors (Lipinski definition) is 5. The Morgan fingerprint density at radius 3 is 2.40 bits per heavy atom. The van der Waals surface area contributed by atoms with Crippen LogP contribution in [0.2, 0.25) is 0 Å². The van der Waals surface area contributed by atoms with Crippen LogP contribution in [-0.2, 0) is 12.0 Å². The molecule has 0 aliphatic heterocycles. The lowest BCUT2D eigenvalue weighted by Crippen LogP contribution is -2.50. The lowest BCUT2D eigenvalue weighted by molar-refractivity contribution is 0.221. The number of ether oxygens (including phenoxy) is 1. The Morgan fingerprint density at radius 2 is 1.80 bits per heavy atom. The van der Waals surface area contributed by atoms with Gasteiger partial charge in [-0.05, 0) is 39.8 Å². The molecule has 1 heterocycles. The van der Waals surface area contributed by atoms with E-state index < -0.39 is 11.0 Å². The molecule has 0 spiro atoms. The Labute approximate surface area is 119 Å². The third kappa shape index (κ3) is 2.99. The van der Waals surface area contributed by atoms with Crippen LogP contribution < -0.4 is 10.5 Å². The average Bonchev–Trinajstić information content (AvgIpc) is 2.85. The fourth-order valence-electron chi connectivity index (χ4n) is 1.51. The standard InChI is InChI=1S/C15H21N3O2/c1-14(2,15(3,4)16)13-17-12(18-20-13)10-19-11-8-6-5-7-9-11/h5-9H,10,16H2,1-4H3. The Balaban J connectivity index is 2.06. The van der Waals surface area contributed by atoms with E-state index in [4.69, 9.17) is 15.0 Å². The lowest BCUT2D eigenvalue weighted by atomic mass is 9.75. The Bertz CT molecular complexity index is 556. The largest absolute Gasteiger partial charge is 0.485 e. The minimum atomic E-state index is -0.461. The van der Waals surface area contributed by atoms with Gasteiger partial charge in [-0.3, -0.25) is 0 Å². The van der Waals surface area contributed by atoms with E-state index in [1.165, 1.54) is 0 Å². The zero-order valence-corrected chi connectivity index (χ0v) is 12.4. The van der Waals surface area contributed by atoms with Gasteiger partial charge in [0, 0.05) is 5.54 Å². The van der Waals surface area contributed by atoms with Crippen LogP contribution in [0, 0.1) is 0 Å². The van der Waals surface area contributed by atoms with Crippen molar-refractivity contribution in [2.24, 2.45) is 5.73 Å². The van der Waals surface area contributed by atoms with Crippen LogP contribution in [0.25, 0.3) is 0 Å². The highest BCUT2D eigenvalue weighted by Gasteiger charge is 2.40. The highest BCUT2D eigenvalue weighted by Crippen LogP contribution is 2.31. The van der Waals surface area contributed by atoms with E-state index >= 15 is 0 Å². The fraction of sp³-hybridized carbons (Fsp3) is 0.467. The molecule has 0 radical (unpaired) electrons. The molecule has 0 atom stereocenters. The van der Waals surface area contributed by atoms with Crippen LogP contribution >= 0.6 is 0 Å². The SMILES string of the molecule is CC(C)(N)C(C)(C)c1nc(COc2ccccc2)no1. The van der Waals surface area contributed by atoms with Crippen molar-refractivity contribution in [3.8, 4) is 5.75 Å². The smallest absolute Gasteiger partial charge is 0.234 e. The first-order valence-corrected chi connectivity index (χ1v) is 6.60. The summed E-state index contributed by atoms with van der Waals surface area (Å²) in [6, 6.07) is 9.53. The van der Waals surface area contributed by atoms with Crippen molar-refractivity contribution < 1.29 is 9.26 Å². The zero-order valence-electron chi connectivity index (χ0n) is 12.4. The van der Waals surface area contributed by atoms with Crippen molar-refractivity contribution in [2.45, 2.75) is 45.3 Å². The van der Waals surface area contributed by atoms with Crippen molar-refractivity contribution in [3.05, 3.63) is 42.0 Å². The number of aromatic nitrogens is 2. The predicted octanol–water partition coefficient (Wildman–Crippen LogP) is 2.66. The Kier molecular flexibility index (Phi) is 3.81. The van der Waals surface area contributed by atoms with Gasteiger partial charge in [0.25, 0.3) is 0 Å². The number of nitrogens with zero attached hydrogens (tertiary/aromatic N) is 2. The summed E-state index contributed by atoms with van der Waals surface area (Å²) in [5.74, 6) is 1.81. The molecule has 5 nitrogen and oxygen atoms in total. The zero-order chi connectivity index (χ0) is 14.8. The normalized spacial score (nSPS) is 12.4. The van der Waals surface area contributed by atoms with E-state index in [2.05, 4.69) is 10.1 Å². The van der Waals surface area contributed by atoms with Crippen molar-refractivity contribution in [2.75, 3.05) is 0 Å². The van der Waals surface area contributed by atoms with Gasteiger partial charge in [-0.25, -0.2) is 0 Å². The quantitative estimate of drug-likeness (QED) is 0.908. The maximum atomic E-state index is 6.16. The molecule has 108 valence electrons. The molecule has 0 saturated heterocycles. The maximum absolute atomic E-state index is 6.16. The number of hydrogen-bond donors (Lipinski definition) is 1. The van der Waals surface area contributed by atoms with Gasteiger partial charge < -0.3 is 15.0 Å². The van der Waals surface area contributed by atoms with Crippen LogP contribution in [0.1, 0.15) is 39.4 Å². The van der Waals surface area contributed by atoms with Crippen molar-refractivity contribution >= 4 is 0 Å². The number of nitrogens with two attached hydrogens (primary N) is 1. The highest BCUT2D eigenvalue weighted by molar-refractivity contribution is 5.21. The van der Waals surface area contributed by atoms with E-state index in [0.717, 1.165) is 5.75 Å². The second-order valence-corrected chi connectivity index (χ2v) is 5.96. The molecule has 0 unspecified atom stereocenters. The minimum absolute atomic E-state index is 0.272. The molecule has 0 bridgehead atoms. The summed E-state index contributed by atoms with van der Waals surface area (Å²) in [5.41, 5.74) is 5.29. The van der Waals surface area contributed by atoms with Crippen molar-refractivity contribution in [1.29, 1.82) is 0 Å². The fourth-order valence-corrected chi connectivity index (χ4v) is 1.51. The summed E-state index contributed by atoms with van der Waals surface area (Å²) in [4.78, 5) is 4.38. The topological polar surface area (TPSA) is 74.2 Å². The highest BCUT2D eigenvalue weighted by atomic mass is 16.5. The summed E-state index contributed by atoms with van der Waals surface area (Å²) in [6.45, 7) is 8.13. The van der Waals surface area contributed by atoms with E-state index in [0.29, 0.717) is 11.7 Å². The van der Waals surface area contributed by atoms with E-state index in [1.807, 2.05) is 58.0 Å². The van der Waals surface area contributed by atoms with Crippen LogP contribution in [0.15, 0.2) is 34.9 Å². The Hall–Kier alpha value is -1.88. The first-order valence-electron chi connectivity index (χ1n) is 6.60. The van der Waals surface area contributed by atoms with Crippen LogP contribution in [0.4, 0.5) is 0 Å². The summed E-state index contributed by atoms with van der Waals surface area (Å²) in [5, 5.41) is 3.94. The molecule has 0 aliphatic carbocycles. The average molecular weight is 275 g/mol. The molecule has 2 aromatic rings. The van der Waals surface area contributed by atoms with Crippen molar-refractivity contribution in [1.82, 2.24) is 10.1 Å². The maximum Gasteiger partial charge on any atom is 0.234 e. The van der Waals surface area contributed by atoms with Crippen LogP contribution in [-0.4, -0.2) is 15.7 Å². The molecule has 5 heteroatoms. The molecule has 1 aromatic carbocycles. The third-order valence-electron chi connectivity index (χ3n) is 3.72. The van der Waals surface area contributed by atoms with Crippen LogP contribution in [0.5, 0.6) is 5.75 Å². The number of rotatable bonds is 5. The molecule has 2 N–H and O–H groups in total. The molecule has 1 aromatic heterocycles. The predicted molar refractivity (Wildman–Crippen MR) is 76.4 cm³/mol. The molecular formula is C15H21N3O2. The van der Waals surface area contributed by atoms with Crippen molar-refractivity contribution in [3.63, 3.8) is 0 Å².